The number of anilines is 1. The van der Waals surface area contributed by atoms with E-state index in [1.807, 2.05) is 0 Å². The molecule has 1 aromatic rings. The predicted molar refractivity (Wildman–Crippen MR) is 40.4 cm³/mol. The third kappa shape index (κ3) is 1.08. The van der Waals surface area contributed by atoms with Crippen LogP contribution in [0.25, 0.3) is 0 Å². The molecule has 0 saturated heterocycles. The molecule has 1 aliphatic carbocycles. The van der Waals surface area contributed by atoms with Crippen LogP contribution >= 0.6 is 0 Å². The largest absolute Gasteiger partial charge is 0.341 e. The van der Waals surface area contributed by atoms with Gasteiger partial charge in [0.05, 0.1) is 0 Å². The molecule has 0 bridgehead atoms. The molecular weight excluding hydrogens is 142 g/mol. The van der Waals surface area contributed by atoms with Crippen molar-refractivity contribution < 1.29 is 4.52 Å². The lowest BCUT2D eigenvalue weighted by Crippen LogP contribution is -1.88. The predicted octanol–water partition coefficient (Wildman–Crippen LogP) is 1.23. The minimum atomic E-state index is 0.513. The van der Waals surface area contributed by atoms with Gasteiger partial charge in [-0.15, -0.1) is 0 Å². The van der Waals surface area contributed by atoms with E-state index >= 15 is 0 Å². The van der Waals surface area contributed by atoms with E-state index in [1.165, 1.54) is 6.42 Å². The summed E-state index contributed by atoms with van der Waals surface area (Å²) >= 11 is 0. The zero-order valence-corrected chi connectivity index (χ0v) is 6.66. The van der Waals surface area contributed by atoms with E-state index in [0.717, 1.165) is 11.7 Å². The smallest absolute Gasteiger partial charge is 0.321 e. The zero-order chi connectivity index (χ0) is 7.84. The topological polar surface area (TPSA) is 51.0 Å². The van der Waals surface area contributed by atoms with Crippen molar-refractivity contribution in [2.24, 2.45) is 5.92 Å². The first kappa shape index (κ1) is 6.64. The highest BCUT2D eigenvalue weighted by Gasteiger charge is 2.37. The van der Waals surface area contributed by atoms with Gasteiger partial charge in [0.2, 0.25) is 0 Å². The van der Waals surface area contributed by atoms with Crippen LogP contribution in [-0.4, -0.2) is 17.2 Å². The molecule has 2 rings (SSSR count). The Kier molecular flexibility index (Phi) is 1.34. The van der Waals surface area contributed by atoms with Crippen LogP contribution in [0.2, 0.25) is 0 Å². The highest BCUT2D eigenvalue weighted by Crippen LogP contribution is 2.45. The van der Waals surface area contributed by atoms with E-state index < -0.39 is 0 Å². The van der Waals surface area contributed by atoms with Crippen molar-refractivity contribution in [2.75, 3.05) is 12.4 Å². The SMILES string of the molecule is CNc1nc(C2CC2C)no1. The second-order valence-electron chi connectivity index (χ2n) is 3.03. The average molecular weight is 153 g/mol. The minimum absolute atomic E-state index is 0.513. The number of hydrogen-bond acceptors (Lipinski definition) is 4. The highest BCUT2D eigenvalue weighted by atomic mass is 16.5. The quantitative estimate of drug-likeness (QED) is 0.694. The monoisotopic (exact) mass is 153 g/mol. The van der Waals surface area contributed by atoms with Crippen molar-refractivity contribution in [1.29, 1.82) is 0 Å². The normalized spacial score (nSPS) is 28.5. The van der Waals surface area contributed by atoms with E-state index in [4.69, 9.17) is 4.52 Å². The highest BCUT2D eigenvalue weighted by molar-refractivity contribution is 5.19. The average Bonchev–Trinajstić information content (AvgIpc) is 2.59. The molecule has 0 amide bonds. The second kappa shape index (κ2) is 2.22. The Labute approximate surface area is 65.0 Å². The first-order valence-corrected chi connectivity index (χ1v) is 3.82. The fraction of sp³-hybridized carbons (Fsp3) is 0.714. The number of nitrogens with one attached hydrogen (secondary N) is 1. The molecule has 0 spiro atoms. The summed E-state index contributed by atoms with van der Waals surface area (Å²) < 4.78 is 4.89. The molecule has 4 heteroatoms. The van der Waals surface area contributed by atoms with Crippen molar-refractivity contribution in [3.63, 3.8) is 0 Å². The number of nitrogens with zero attached hydrogens (tertiary/aromatic N) is 2. The van der Waals surface area contributed by atoms with Gasteiger partial charge in [0.15, 0.2) is 5.82 Å². The summed E-state index contributed by atoms with van der Waals surface area (Å²) in [5.41, 5.74) is 0. The van der Waals surface area contributed by atoms with Crippen LogP contribution in [0.1, 0.15) is 25.1 Å². The fourth-order valence-corrected chi connectivity index (χ4v) is 1.17. The van der Waals surface area contributed by atoms with Crippen LogP contribution in [0.15, 0.2) is 4.52 Å². The first-order valence-electron chi connectivity index (χ1n) is 3.82. The minimum Gasteiger partial charge on any atom is -0.341 e. The molecule has 1 fully saturated rings. The molecule has 0 aromatic carbocycles. The Morgan fingerprint density at radius 1 is 1.64 bits per heavy atom. The van der Waals surface area contributed by atoms with Crippen LogP contribution in [0.4, 0.5) is 6.01 Å². The Morgan fingerprint density at radius 2 is 2.36 bits per heavy atom. The Hall–Kier alpha value is -1.06. The third-order valence-electron chi connectivity index (χ3n) is 2.10. The summed E-state index contributed by atoms with van der Waals surface area (Å²) in [7, 11) is 1.77. The van der Waals surface area contributed by atoms with Gasteiger partial charge < -0.3 is 9.84 Å². The summed E-state index contributed by atoms with van der Waals surface area (Å²) in [4.78, 5) is 4.15. The van der Waals surface area contributed by atoms with Gasteiger partial charge in [-0.25, -0.2) is 0 Å². The van der Waals surface area contributed by atoms with Gasteiger partial charge in [0, 0.05) is 13.0 Å². The summed E-state index contributed by atoms with van der Waals surface area (Å²) in [5.74, 6) is 2.13. The molecular formula is C7H11N3O. The van der Waals surface area contributed by atoms with Gasteiger partial charge in [-0.2, -0.15) is 4.98 Å². The Morgan fingerprint density at radius 3 is 2.82 bits per heavy atom. The number of rotatable bonds is 2. The summed E-state index contributed by atoms with van der Waals surface area (Å²) in [6, 6.07) is 0.513. The van der Waals surface area contributed by atoms with Gasteiger partial charge in [-0.1, -0.05) is 12.1 Å². The summed E-state index contributed by atoms with van der Waals surface area (Å²) in [5, 5.41) is 6.66. The zero-order valence-electron chi connectivity index (χ0n) is 6.66. The standard InChI is InChI=1S/C7H11N3O/c1-4-3-5(4)6-9-7(8-2)11-10-6/h4-5H,3H2,1-2H3,(H,8,9,10). The van der Waals surface area contributed by atoms with Crippen molar-refractivity contribution in [2.45, 2.75) is 19.3 Å². The lowest BCUT2D eigenvalue weighted by atomic mass is 10.3. The third-order valence-corrected chi connectivity index (χ3v) is 2.10. The molecule has 60 valence electrons. The lowest BCUT2D eigenvalue weighted by molar-refractivity contribution is 0.423. The van der Waals surface area contributed by atoms with E-state index in [-0.39, 0.29) is 0 Å². The van der Waals surface area contributed by atoms with Crippen LogP contribution in [0, 0.1) is 5.92 Å². The van der Waals surface area contributed by atoms with Gasteiger partial charge in [0.1, 0.15) is 0 Å². The van der Waals surface area contributed by atoms with E-state index in [1.54, 1.807) is 7.05 Å². The molecule has 1 saturated carbocycles. The summed E-state index contributed by atoms with van der Waals surface area (Å²) in [6.07, 6.45) is 1.20. The molecule has 1 aromatic heterocycles. The van der Waals surface area contributed by atoms with Crippen molar-refractivity contribution in [1.82, 2.24) is 10.1 Å². The van der Waals surface area contributed by atoms with Crippen molar-refractivity contribution in [3.8, 4) is 0 Å². The van der Waals surface area contributed by atoms with Crippen LogP contribution in [-0.2, 0) is 0 Å². The first-order chi connectivity index (χ1) is 5.31. The molecule has 1 heterocycles. The Balaban J connectivity index is 2.13. The van der Waals surface area contributed by atoms with Crippen LogP contribution < -0.4 is 5.32 Å². The van der Waals surface area contributed by atoms with Crippen LogP contribution in [0.3, 0.4) is 0 Å². The molecule has 1 N–H and O–H groups in total. The van der Waals surface area contributed by atoms with Gasteiger partial charge in [0.25, 0.3) is 0 Å². The molecule has 0 radical (unpaired) electrons. The molecule has 11 heavy (non-hydrogen) atoms. The second-order valence-corrected chi connectivity index (χ2v) is 3.03. The van der Waals surface area contributed by atoms with Crippen molar-refractivity contribution in [3.05, 3.63) is 5.82 Å². The Bertz CT molecular complexity index is 258. The molecule has 2 atom stereocenters. The van der Waals surface area contributed by atoms with Crippen LogP contribution in [0.5, 0.6) is 0 Å². The van der Waals surface area contributed by atoms with E-state index in [2.05, 4.69) is 22.4 Å². The molecule has 2 unspecified atom stereocenters. The fourth-order valence-electron chi connectivity index (χ4n) is 1.17. The van der Waals surface area contributed by atoms with Gasteiger partial charge in [-0.05, 0) is 12.3 Å². The summed E-state index contributed by atoms with van der Waals surface area (Å²) in [6.45, 7) is 2.19. The number of aromatic nitrogens is 2. The molecule has 1 aliphatic rings. The van der Waals surface area contributed by atoms with E-state index in [9.17, 15) is 0 Å². The van der Waals surface area contributed by atoms with Gasteiger partial charge in [-0.3, -0.25) is 0 Å². The number of hydrogen-bond donors (Lipinski definition) is 1. The molecule has 0 aliphatic heterocycles. The maximum atomic E-state index is 4.89. The maximum absolute atomic E-state index is 4.89. The molecule has 4 nitrogen and oxygen atoms in total. The lowest BCUT2D eigenvalue weighted by Gasteiger charge is -1.84. The maximum Gasteiger partial charge on any atom is 0.321 e. The van der Waals surface area contributed by atoms with Crippen molar-refractivity contribution >= 4 is 6.01 Å². The van der Waals surface area contributed by atoms with E-state index in [0.29, 0.717) is 11.9 Å². The van der Waals surface area contributed by atoms with Gasteiger partial charge >= 0.3 is 6.01 Å².